The molecule has 28 heavy (non-hydrogen) atoms. The van der Waals surface area contributed by atoms with Crippen LogP contribution in [-0.4, -0.2) is 50.7 Å². The minimum Gasteiger partial charge on any atom is -0.465 e. The molecule has 6 nitrogen and oxygen atoms in total. The van der Waals surface area contributed by atoms with Crippen molar-refractivity contribution in [1.29, 1.82) is 0 Å². The lowest BCUT2D eigenvalue weighted by Crippen LogP contribution is -2.52. The van der Waals surface area contributed by atoms with Crippen molar-refractivity contribution in [3.63, 3.8) is 0 Å². The number of aromatic amines is 1. The average molecular weight is 376 g/mol. The topological polar surface area (TPSA) is 72.5 Å². The van der Waals surface area contributed by atoms with Gasteiger partial charge >= 0.3 is 6.09 Å². The van der Waals surface area contributed by atoms with Gasteiger partial charge in [-0.1, -0.05) is 30.3 Å². The van der Waals surface area contributed by atoms with E-state index in [0.29, 0.717) is 6.54 Å². The van der Waals surface area contributed by atoms with Crippen LogP contribution < -0.4 is 4.90 Å². The van der Waals surface area contributed by atoms with Crippen LogP contribution >= 0.6 is 0 Å². The van der Waals surface area contributed by atoms with Crippen LogP contribution in [0.4, 0.5) is 10.5 Å². The maximum absolute atomic E-state index is 11.9. The number of rotatable bonds is 3. The molecule has 144 valence electrons. The fourth-order valence-corrected chi connectivity index (χ4v) is 5.16. The number of hydrogen-bond acceptors (Lipinski definition) is 3. The van der Waals surface area contributed by atoms with Crippen molar-refractivity contribution < 1.29 is 9.90 Å². The zero-order chi connectivity index (χ0) is 19.1. The Balaban J connectivity index is 1.57. The van der Waals surface area contributed by atoms with E-state index < -0.39 is 6.09 Å². The molecule has 2 aliphatic heterocycles. The maximum Gasteiger partial charge on any atom is 0.407 e. The van der Waals surface area contributed by atoms with Gasteiger partial charge in [0.05, 0.1) is 12.1 Å². The van der Waals surface area contributed by atoms with Crippen molar-refractivity contribution in [2.75, 3.05) is 11.4 Å². The number of carboxylic acid groups (broad SMARTS) is 1. The molecule has 2 fully saturated rings. The summed E-state index contributed by atoms with van der Waals surface area (Å²) in [5.41, 5.74) is 3.33. The molecule has 0 spiro atoms. The number of nitrogens with zero attached hydrogens (tertiary/aromatic N) is 3. The smallest absolute Gasteiger partial charge is 0.407 e. The lowest BCUT2D eigenvalue weighted by atomic mass is 9.96. The van der Waals surface area contributed by atoms with Crippen LogP contribution in [0.2, 0.25) is 0 Å². The Kier molecular flexibility index (Phi) is 4.19. The summed E-state index contributed by atoms with van der Waals surface area (Å²) >= 11 is 0. The highest BCUT2D eigenvalue weighted by Crippen LogP contribution is 2.41. The molecule has 0 bridgehead atoms. The second-order valence-corrected chi connectivity index (χ2v) is 7.81. The van der Waals surface area contributed by atoms with Crippen LogP contribution in [-0.2, 0) is 6.42 Å². The van der Waals surface area contributed by atoms with Gasteiger partial charge in [-0.2, -0.15) is 0 Å². The van der Waals surface area contributed by atoms with Gasteiger partial charge in [0.2, 0.25) is 0 Å². The number of likely N-dealkylation sites (tertiary alicyclic amines) is 1. The second-order valence-electron chi connectivity index (χ2n) is 7.81. The Hall–Kier alpha value is -3.02. The predicted molar refractivity (Wildman–Crippen MR) is 109 cm³/mol. The van der Waals surface area contributed by atoms with Gasteiger partial charge in [-0.15, -0.1) is 0 Å². The number of nitrogens with one attached hydrogen (secondary N) is 1. The number of anilines is 1. The number of piperidine rings is 1. The van der Waals surface area contributed by atoms with E-state index in [9.17, 15) is 9.90 Å². The average Bonchev–Trinajstić information content (AvgIpc) is 3.32. The molecule has 3 atom stereocenters. The molecule has 2 aliphatic rings. The molecule has 5 rings (SSSR count). The third-order valence-electron chi connectivity index (χ3n) is 6.28. The standard InChI is InChI=1S/C22H24N4O2/c27-22(28)25-12-4-7-19-20(25)14-16(13-15-5-2-1-3-6-15)26(19)18-9-11-24-21-17(18)8-10-23-21/h1-3,5-6,8-11,16,19-20H,4,7,12-14H2,(H,23,24)(H,27,28). The zero-order valence-corrected chi connectivity index (χ0v) is 15.7. The Morgan fingerprint density at radius 3 is 2.86 bits per heavy atom. The van der Waals surface area contributed by atoms with E-state index in [2.05, 4.69) is 51.3 Å². The molecule has 6 heteroatoms. The molecule has 2 aromatic heterocycles. The number of carbonyl (C=O) groups is 1. The lowest BCUT2D eigenvalue weighted by Gasteiger charge is -2.40. The summed E-state index contributed by atoms with van der Waals surface area (Å²) in [6.45, 7) is 0.637. The second kappa shape index (κ2) is 6.86. The Morgan fingerprint density at radius 2 is 2.04 bits per heavy atom. The number of amides is 1. The van der Waals surface area contributed by atoms with Crippen LogP contribution in [0.1, 0.15) is 24.8 Å². The van der Waals surface area contributed by atoms with Crippen molar-refractivity contribution in [3.05, 3.63) is 60.4 Å². The number of H-pyrrole nitrogens is 1. The molecular formula is C22H24N4O2. The summed E-state index contributed by atoms with van der Waals surface area (Å²) in [4.78, 5) is 23.7. The first kappa shape index (κ1) is 17.1. The first-order chi connectivity index (χ1) is 13.7. The highest BCUT2D eigenvalue weighted by Gasteiger charge is 2.47. The predicted octanol–water partition coefficient (Wildman–Crippen LogP) is 3.90. The Morgan fingerprint density at radius 1 is 1.18 bits per heavy atom. The van der Waals surface area contributed by atoms with Gasteiger partial charge in [0, 0.05) is 36.1 Å². The number of hydrogen-bond donors (Lipinski definition) is 2. The minimum atomic E-state index is -0.795. The molecule has 0 radical (unpaired) electrons. The molecule has 3 unspecified atom stereocenters. The van der Waals surface area contributed by atoms with Crippen molar-refractivity contribution in [1.82, 2.24) is 14.9 Å². The first-order valence-electron chi connectivity index (χ1n) is 9.96. The number of aromatic nitrogens is 2. The lowest BCUT2D eigenvalue weighted by molar-refractivity contribution is 0.105. The van der Waals surface area contributed by atoms with Gasteiger partial charge in [-0.3, -0.25) is 0 Å². The summed E-state index contributed by atoms with van der Waals surface area (Å²) < 4.78 is 0. The van der Waals surface area contributed by atoms with Gasteiger partial charge < -0.3 is 19.9 Å². The molecule has 4 heterocycles. The van der Waals surface area contributed by atoms with Crippen LogP contribution in [0.3, 0.4) is 0 Å². The van der Waals surface area contributed by atoms with Crippen LogP contribution in [0.5, 0.6) is 0 Å². The molecule has 2 saturated heterocycles. The third kappa shape index (κ3) is 2.80. The Bertz CT molecular complexity index is 986. The molecular weight excluding hydrogens is 352 g/mol. The zero-order valence-electron chi connectivity index (χ0n) is 15.7. The van der Waals surface area contributed by atoms with E-state index in [0.717, 1.165) is 42.4 Å². The first-order valence-corrected chi connectivity index (χ1v) is 9.96. The molecule has 3 aromatic rings. The van der Waals surface area contributed by atoms with Crippen LogP contribution in [0.25, 0.3) is 11.0 Å². The van der Waals surface area contributed by atoms with Crippen molar-refractivity contribution in [3.8, 4) is 0 Å². The van der Waals surface area contributed by atoms with Crippen molar-refractivity contribution in [2.24, 2.45) is 0 Å². The number of benzene rings is 1. The number of fused-ring (bicyclic) bond motifs is 2. The number of pyridine rings is 1. The van der Waals surface area contributed by atoms with E-state index in [4.69, 9.17) is 0 Å². The summed E-state index contributed by atoms with van der Waals surface area (Å²) in [6, 6.07) is 15.2. The summed E-state index contributed by atoms with van der Waals surface area (Å²) in [5, 5.41) is 10.9. The highest BCUT2D eigenvalue weighted by atomic mass is 16.4. The van der Waals surface area contributed by atoms with Crippen LogP contribution in [0.15, 0.2) is 54.9 Å². The van der Waals surface area contributed by atoms with E-state index >= 15 is 0 Å². The van der Waals surface area contributed by atoms with Gasteiger partial charge in [-0.25, -0.2) is 9.78 Å². The summed E-state index contributed by atoms with van der Waals surface area (Å²) in [6.07, 6.45) is 6.67. The van der Waals surface area contributed by atoms with Crippen molar-refractivity contribution >= 4 is 22.8 Å². The molecule has 1 amide bonds. The van der Waals surface area contributed by atoms with E-state index in [-0.39, 0.29) is 18.1 Å². The fourth-order valence-electron chi connectivity index (χ4n) is 5.16. The van der Waals surface area contributed by atoms with Crippen LogP contribution in [0, 0.1) is 0 Å². The molecule has 0 aliphatic carbocycles. The van der Waals surface area contributed by atoms with Gasteiger partial charge in [0.15, 0.2) is 0 Å². The Labute approximate surface area is 163 Å². The van der Waals surface area contributed by atoms with E-state index in [1.165, 1.54) is 5.56 Å². The minimum absolute atomic E-state index is 0.0436. The molecule has 2 N–H and O–H groups in total. The summed E-state index contributed by atoms with van der Waals surface area (Å²) in [7, 11) is 0. The molecule has 0 saturated carbocycles. The van der Waals surface area contributed by atoms with Gasteiger partial charge in [0.25, 0.3) is 0 Å². The van der Waals surface area contributed by atoms with Crippen molar-refractivity contribution in [2.45, 2.75) is 43.8 Å². The quantitative estimate of drug-likeness (QED) is 0.727. The van der Waals surface area contributed by atoms with Gasteiger partial charge in [-0.05, 0) is 43.4 Å². The highest BCUT2D eigenvalue weighted by molar-refractivity contribution is 5.90. The van der Waals surface area contributed by atoms with E-state index in [1.54, 1.807) is 4.90 Å². The molecule has 1 aromatic carbocycles. The largest absolute Gasteiger partial charge is 0.465 e. The summed E-state index contributed by atoms with van der Waals surface area (Å²) in [5.74, 6) is 0. The SMILES string of the molecule is O=C(O)N1CCCC2C1CC(Cc1ccccc1)N2c1ccnc2[nH]ccc12. The normalized spacial score (nSPS) is 24.5. The third-order valence-corrected chi connectivity index (χ3v) is 6.28. The maximum atomic E-state index is 11.9. The van der Waals surface area contributed by atoms with Gasteiger partial charge in [0.1, 0.15) is 5.65 Å². The van der Waals surface area contributed by atoms with E-state index in [1.807, 2.05) is 18.5 Å². The monoisotopic (exact) mass is 376 g/mol. The fraction of sp³-hybridized carbons (Fsp3) is 0.364.